The lowest BCUT2D eigenvalue weighted by atomic mass is 9.95. The summed E-state index contributed by atoms with van der Waals surface area (Å²) in [7, 11) is -0.164. The van der Waals surface area contributed by atoms with Crippen molar-refractivity contribution in [3.63, 3.8) is 0 Å². The van der Waals surface area contributed by atoms with Crippen molar-refractivity contribution >= 4 is 32.5 Å². The first-order valence-corrected chi connectivity index (χ1v) is 16.2. The van der Waals surface area contributed by atoms with Crippen LogP contribution >= 0.6 is 0 Å². The Hall–Kier alpha value is -3.65. The first kappa shape index (κ1) is 31.8. The van der Waals surface area contributed by atoms with E-state index in [9.17, 15) is 22.0 Å². The van der Waals surface area contributed by atoms with Gasteiger partial charge in [0, 0.05) is 62.0 Å². The molecule has 5 rings (SSSR count). The molecule has 1 unspecified atom stereocenters. The zero-order valence-electron chi connectivity index (χ0n) is 25.1. The Morgan fingerprint density at radius 1 is 1.07 bits per heavy atom. The molecule has 1 amide bonds. The number of ether oxygens (including phenoxy) is 1. The topological polar surface area (TPSA) is 120 Å². The number of aromatic amines is 1. The van der Waals surface area contributed by atoms with Gasteiger partial charge in [-0.2, -0.15) is 5.10 Å². The fraction of sp³-hybridized carbons (Fsp3) is 0.419. The molecule has 10 nitrogen and oxygen atoms in total. The largest absolute Gasteiger partial charge is 0.385 e. The second-order valence-electron chi connectivity index (χ2n) is 11.3. The van der Waals surface area contributed by atoms with Gasteiger partial charge in [-0.3, -0.25) is 14.8 Å². The number of halogens is 2. The maximum atomic E-state index is 13.8. The number of rotatable bonds is 11. The van der Waals surface area contributed by atoms with Crippen LogP contribution in [0.3, 0.4) is 0 Å². The Labute approximate surface area is 256 Å². The average Bonchev–Trinajstić information content (AvgIpc) is 3.39. The molecule has 1 aliphatic heterocycles. The van der Waals surface area contributed by atoms with Crippen LogP contribution in [-0.2, 0) is 19.4 Å². The summed E-state index contributed by atoms with van der Waals surface area (Å²) >= 11 is 0. The summed E-state index contributed by atoms with van der Waals surface area (Å²) in [5.41, 5.74) is 1.80. The van der Waals surface area contributed by atoms with Crippen LogP contribution in [-0.4, -0.2) is 93.3 Å². The van der Waals surface area contributed by atoms with Crippen molar-refractivity contribution in [3.8, 4) is 0 Å². The van der Waals surface area contributed by atoms with Crippen molar-refractivity contribution in [1.82, 2.24) is 25.3 Å². The van der Waals surface area contributed by atoms with Gasteiger partial charge < -0.3 is 20.3 Å². The third-order valence-electron chi connectivity index (χ3n) is 8.00. The van der Waals surface area contributed by atoms with Gasteiger partial charge >= 0.3 is 0 Å². The van der Waals surface area contributed by atoms with E-state index in [4.69, 9.17) is 4.74 Å². The van der Waals surface area contributed by atoms with Crippen LogP contribution < -0.4 is 10.6 Å². The van der Waals surface area contributed by atoms with Gasteiger partial charge in [0.05, 0.1) is 20.9 Å². The van der Waals surface area contributed by atoms with E-state index >= 15 is 0 Å². The van der Waals surface area contributed by atoms with E-state index in [2.05, 4.69) is 43.6 Å². The maximum Gasteiger partial charge on any atom is 0.258 e. The van der Waals surface area contributed by atoms with Gasteiger partial charge in [0.25, 0.3) is 5.91 Å². The molecule has 13 heteroatoms. The Morgan fingerprint density at radius 2 is 1.80 bits per heavy atom. The van der Waals surface area contributed by atoms with E-state index in [0.717, 1.165) is 50.3 Å². The molecular formula is C31H38F2N6O4S. The number of anilines is 1. The molecule has 3 aromatic rings. The van der Waals surface area contributed by atoms with Crippen LogP contribution in [0.1, 0.15) is 26.2 Å². The molecule has 2 aliphatic rings. The van der Waals surface area contributed by atoms with Gasteiger partial charge in [0.1, 0.15) is 11.6 Å². The first-order valence-electron chi connectivity index (χ1n) is 14.7. The predicted octanol–water partition coefficient (Wildman–Crippen LogP) is 3.85. The third kappa shape index (κ3) is 7.17. The number of H-pyrrole nitrogens is 1. The molecule has 1 aliphatic carbocycles. The quantitative estimate of drug-likeness (QED) is 0.293. The molecule has 236 valence electrons. The van der Waals surface area contributed by atoms with Crippen LogP contribution in [0.25, 0.3) is 10.9 Å². The smallest absolute Gasteiger partial charge is 0.258 e. The lowest BCUT2D eigenvalue weighted by Crippen LogP contribution is -2.43. The molecule has 1 atom stereocenters. The summed E-state index contributed by atoms with van der Waals surface area (Å²) < 4.78 is 59.6. The van der Waals surface area contributed by atoms with E-state index in [0.29, 0.717) is 42.2 Å². The van der Waals surface area contributed by atoms with Crippen LogP contribution in [0.15, 0.2) is 69.6 Å². The molecule has 0 bridgehead atoms. The molecule has 44 heavy (non-hydrogen) atoms. The van der Waals surface area contributed by atoms with Crippen molar-refractivity contribution in [3.05, 3.63) is 71.5 Å². The molecule has 1 aromatic heterocycles. The zero-order chi connectivity index (χ0) is 31.4. The van der Waals surface area contributed by atoms with Gasteiger partial charge in [0.15, 0.2) is 5.82 Å². The van der Waals surface area contributed by atoms with Gasteiger partial charge in [-0.25, -0.2) is 17.2 Å². The SMILES string of the molecule is CCN(CCN(C)C)C1C=CC(C(=O)Nc2n[nH]c3ccc(S(=O)(=O)c4cc(F)cc(F)c4)cc23)=C(NC2CCOCC2)C1. The highest BCUT2D eigenvalue weighted by Crippen LogP contribution is 2.30. The van der Waals surface area contributed by atoms with Crippen molar-refractivity contribution in [1.29, 1.82) is 0 Å². The normalized spacial score (nSPS) is 18.0. The minimum absolute atomic E-state index is 0.116. The number of benzene rings is 2. The molecule has 0 spiro atoms. The Bertz CT molecular complexity index is 1660. The highest BCUT2D eigenvalue weighted by atomic mass is 32.2. The van der Waals surface area contributed by atoms with Crippen molar-refractivity contribution in [2.75, 3.05) is 52.3 Å². The van der Waals surface area contributed by atoms with Gasteiger partial charge in [0.2, 0.25) is 9.84 Å². The van der Waals surface area contributed by atoms with E-state index in [-0.39, 0.29) is 28.7 Å². The van der Waals surface area contributed by atoms with Crippen molar-refractivity contribution in [2.45, 2.75) is 48.1 Å². The van der Waals surface area contributed by atoms with Crippen molar-refractivity contribution in [2.24, 2.45) is 0 Å². The van der Waals surface area contributed by atoms with Crippen LogP contribution in [0.5, 0.6) is 0 Å². The standard InChI is InChI=1S/C31H38F2N6O4S/c1-4-39(12-11-38(2)3)23-5-7-26(29(18-23)34-22-9-13-43-14-10-22)31(40)35-30-27-19-24(6-8-28(27)36-37-30)44(41,42)25-16-20(32)15-21(33)17-25/h5-8,15-17,19,22-23,34H,4,9-14,18H2,1-3H3,(H2,35,36,37,40). The molecule has 0 saturated carbocycles. The van der Waals surface area contributed by atoms with E-state index < -0.39 is 26.4 Å². The molecule has 2 aromatic carbocycles. The highest BCUT2D eigenvalue weighted by Gasteiger charge is 2.28. The highest BCUT2D eigenvalue weighted by molar-refractivity contribution is 7.91. The first-order chi connectivity index (χ1) is 21.0. The molecule has 1 saturated heterocycles. The molecular weight excluding hydrogens is 590 g/mol. The molecule has 1 fully saturated rings. The number of hydrogen-bond acceptors (Lipinski definition) is 8. The van der Waals surface area contributed by atoms with Crippen LogP contribution in [0.4, 0.5) is 14.6 Å². The van der Waals surface area contributed by atoms with E-state index in [1.54, 1.807) is 0 Å². The van der Waals surface area contributed by atoms with Crippen LogP contribution in [0, 0.1) is 11.6 Å². The van der Waals surface area contributed by atoms with Gasteiger partial charge in [-0.15, -0.1) is 0 Å². The molecule has 2 heterocycles. The summed E-state index contributed by atoms with van der Waals surface area (Å²) in [6, 6.07) is 6.59. The third-order valence-corrected chi connectivity index (χ3v) is 9.73. The molecule has 3 N–H and O–H groups in total. The minimum atomic E-state index is -4.25. The number of amides is 1. The monoisotopic (exact) mass is 628 g/mol. The average molecular weight is 629 g/mol. The number of nitrogens with one attached hydrogen (secondary N) is 3. The van der Waals surface area contributed by atoms with Gasteiger partial charge in [-0.1, -0.05) is 19.1 Å². The van der Waals surface area contributed by atoms with E-state index in [1.165, 1.54) is 18.2 Å². The summed E-state index contributed by atoms with van der Waals surface area (Å²) in [6.07, 6.45) is 6.19. The Kier molecular flexibility index (Phi) is 9.78. The number of fused-ring (bicyclic) bond motifs is 1. The predicted molar refractivity (Wildman–Crippen MR) is 164 cm³/mol. The molecule has 0 radical (unpaired) electrons. The number of carbonyl (C=O) groups is 1. The Morgan fingerprint density at radius 3 is 2.48 bits per heavy atom. The lowest BCUT2D eigenvalue weighted by molar-refractivity contribution is -0.112. The number of aromatic nitrogens is 2. The summed E-state index contributed by atoms with van der Waals surface area (Å²) in [5, 5.41) is 13.8. The maximum absolute atomic E-state index is 13.8. The minimum Gasteiger partial charge on any atom is -0.385 e. The second-order valence-corrected chi connectivity index (χ2v) is 13.3. The number of likely N-dealkylation sites (N-methyl/N-ethyl adjacent to an activating group) is 2. The van der Waals surface area contributed by atoms with Crippen molar-refractivity contribution < 1.29 is 26.7 Å². The summed E-state index contributed by atoms with van der Waals surface area (Å²) in [6.45, 7) is 6.10. The number of nitrogens with zero attached hydrogens (tertiary/aromatic N) is 3. The number of sulfone groups is 1. The Balaban J connectivity index is 1.42. The fourth-order valence-electron chi connectivity index (χ4n) is 5.52. The summed E-state index contributed by atoms with van der Waals surface area (Å²) in [5.74, 6) is -2.25. The summed E-state index contributed by atoms with van der Waals surface area (Å²) in [4.78, 5) is 17.6. The second kappa shape index (κ2) is 13.6. The zero-order valence-corrected chi connectivity index (χ0v) is 25.9. The van der Waals surface area contributed by atoms with E-state index in [1.807, 2.05) is 20.2 Å². The number of carbonyl (C=O) groups excluding carboxylic acids is 1. The van der Waals surface area contributed by atoms with Crippen LogP contribution in [0.2, 0.25) is 0 Å². The fourth-order valence-corrected chi connectivity index (χ4v) is 6.85. The lowest BCUT2D eigenvalue weighted by Gasteiger charge is -2.35. The van der Waals surface area contributed by atoms with Gasteiger partial charge in [-0.05, 0) is 63.8 Å². The number of hydrogen-bond donors (Lipinski definition) is 3.